The summed E-state index contributed by atoms with van der Waals surface area (Å²) in [5, 5.41) is 3.62. The van der Waals surface area contributed by atoms with Crippen molar-refractivity contribution < 1.29 is 4.74 Å². The zero-order valence-electron chi connectivity index (χ0n) is 10.6. The van der Waals surface area contributed by atoms with Gasteiger partial charge in [0.2, 0.25) is 0 Å². The molecule has 2 aliphatic rings. The van der Waals surface area contributed by atoms with Gasteiger partial charge in [0.1, 0.15) is 0 Å². The third-order valence-electron chi connectivity index (χ3n) is 4.00. The van der Waals surface area contributed by atoms with Crippen molar-refractivity contribution in [2.24, 2.45) is 0 Å². The fraction of sp³-hybridized carbons (Fsp3) is 1.00. The summed E-state index contributed by atoms with van der Waals surface area (Å²) in [5.74, 6) is 0. The van der Waals surface area contributed by atoms with Gasteiger partial charge in [-0.1, -0.05) is 6.42 Å². The van der Waals surface area contributed by atoms with Crippen LogP contribution in [-0.2, 0) is 4.74 Å². The molecule has 0 aliphatic carbocycles. The van der Waals surface area contributed by atoms with E-state index < -0.39 is 0 Å². The van der Waals surface area contributed by atoms with Crippen LogP contribution in [0.4, 0.5) is 0 Å². The third-order valence-corrected chi connectivity index (χ3v) is 4.00. The standard InChI is InChI=1S/C13H26N2O/c1-15(13-7-10-16-11-13)9-4-6-12-5-2-3-8-14-12/h12-14H,2-11H2,1H3. The van der Waals surface area contributed by atoms with Crippen molar-refractivity contribution in [2.45, 2.75) is 50.6 Å². The number of hydrogen-bond donors (Lipinski definition) is 1. The van der Waals surface area contributed by atoms with Crippen LogP contribution in [0.15, 0.2) is 0 Å². The number of ether oxygens (including phenoxy) is 1. The summed E-state index contributed by atoms with van der Waals surface area (Å²) in [6.45, 7) is 4.36. The van der Waals surface area contributed by atoms with Crippen molar-refractivity contribution in [3.63, 3.8) is 0 Å². The molecule has 2 atom stereocenters. The van der Waals surface area contributed by atoms with E-state index in [1.54, 1.807) is 0 Å². The maximum absolute atomic E-state index is 5.42. The molecule has 2 unspecified atom stereocenters. The molecule has 0 aromatic carbocycles. The summed E-state index contributed by atoms with van der Waals surface area (Å²) in [5.41, 5.74) is 0. The molecule has 0 saturated carbocycles. The van der Waals surface area contributed by atoms with Gasteiger partial charge in [-0.15, -0.1) is 0 Å². The number of piperidine rings is 1. The van der Waals surface area contributed by atoms with Gasteiger partial charge in [0.15, 0.2) is 0 Å². The van der Waals surface area contributed by atoms with Crippen LogP contribution in [0, 0.1) is 0 Å². The highest BCUT2D eigenvalue weighted by Gasteiger charge is 2.20. The summed E-state index contributed by atoms with van der Waals surface area (Å²) in [4.78, 5) is 2.48. The molecule has 16 heavy (non-hydrogen) atoms. The highest BCUT2D eigenvalue weighted by molar-refractivity contribution is 4.75. The lowest BCUT2D eigenvalue weighted by atomic mass is 10.0. The molecule has 2 saturated heterocycles. The number of hydrogen-bond acceptors (Lipinski definition) is 3. The van der Waals surface area contributed by atoms with E-state index in [1.165, 1.54) is 51.6 Å². The van der Waals surface area contributed by atoms with Crippen LogP contribution in [0.1, 0.15) is 38.5 Å². The Morgan fingerprint density at radius 3 is 2.94 bits per heavy atom. The first-order valence-electron chi connectivity index (χ1n) is 6.87. The highest BCUT2D eigenvalue weighted by atomic mass is 16.5. The minimum atomic E-state index is 0.680. The molecule has 2 rings (SSSR count). The van der Waals surface area contributed by atoms with Crippen molar-refractivity contribution in [3.05, 3.63) is 0 Å². The van der Waals surface area contributed by atoms with E-state index in [2.05, 4.69) is 17.3 Å². The second kappa shape index (κ2) is 6.58. The molecule has 0 spiro atoms. The summed E-state index contributed by atoms with van der Waals surface area (Å²) in [7, 11) is 2.24. The molecule has 2 fully saturated rings. The fourth-order valence-corrected chi connectivity index (χ4v) is 2.81. The molecular formula is C13H26N2O. The Morgan fingerprint density at radius 2 is 2.25 bits per heavy atom. The van der Waals surface area contributed by atoms with Crippen molar-refractivity contribution >= 4 is 0 Å². The molecule has 2 heterocycles. The quantitative estimate of drug-likeness (QED) is 0.771. The van der Waals surface area contributed by atoms with Gasteiger partial charge < -0.3 is 15.0 Å². The first kappa shape index (κ1) is 12.3. The lowest BCUT2D eigenvalue weighted by molar-refractivity contribution is 0.157. The van der Waals surface area contributed by atoms with Gasteiger partial charge in [0.25, 0.3) is 0 Å². The monoisotopic (exact) mass is 226 g/mol. The average Bonchev–Trinajstić information content (AvgIpc) is 2.84. The Morgan fingerprint density at radius 1 is 1.31 bits per heavy atom. The van der Waals surface area contributed by atoms with Crippen LogP contribution in [0.25, 0.3) is 0 Å². The fourth-order valence-electron chi connectivity index (χ4n) is 2.81. The smallest absolute Gasteiger partial charge is 0.0622 e. The van der Waals surface area contributed by atoms with Crippen molar-refractivity contribution in [3.8, 4) is 0 Å². The Hall–Kier alpha value is -0.120. The summed E-state index contributed by atoms with van der Waals surface area (Å²) in [6, 6.07) is 1.47. The van der Waals surface area contributed by atoms with Crippen LogP contribution < -0.4 is 5.32 Å². The molecular weight excluding hydrogens is 200 g/mol. The molecule has 0 bridgehead atoms. The van der Waals surface area contributed by atoms with E-state index in [-0.39, 0.29) is 0 Å². The first-order chi connectivity index (χ1) is 7.86. The van der Waals surface area contributed by atoms with Gasteiger partial charge in [-0.05, 0) is 52.2 Å². The van der Waals surface area contributed by atoms with Gasteiger partial charge in [-0.25, -0.2) is 0 Å². The normalized spacial score (nSPS) is 31.1. The Bertz CT molecular complexity index is 186. The second-order valence-electron chi connectivity index (χ2n) is 5.29. The van der Waals surface area contributed by atoms with E-state index in [1.807, 2.05) is 0 Å². The van der Waals surface area contributed by atoms with Crippen molar-refractivity contribution in [1.29, 1.82) is 0 Å². The summed E-state index contributed by atoms with van der Waals surface area (Å²) < 4.78 is 5.42. The lowest BCUT2D eigenvalue weighted by Crippen LogP contribution is -2.36. The zero-order chi connectivity index (χ0) is 11.2. The number of nitrogens with one attached hydrogen (secondary N) is 1. The largest absolute Gasteiger partial charge is 0.380 e. The predicted molar refractivity (Wildman–Crippen MR) is 66.7 cm³/mol. The molecule has 1 N–H and O–H groups in total. The molecule has 94 valence electrons. The molecule has 0 aromatic heterocycles. The number of rotatable bonds is 5. The molecule has 0 amide bonds. The average molecular weight is 226 g/mol. The maximum Gasteiger partial charge on any atom is 0.0622 e. The van der Waals surface area contributed by atoms with Crippen LogP contribution in [0.3, 0.4) is 0 Å². The number of likely N-dealkylation sites (N-methyl/N-ethyl adjacent to an activating group) is 1. The molecule has 3 heteroatoms. The Kier molecular flexibility index (Phi) is 5.07. The van der Waals surface area contributed by atoms with Gasteiger partial charge >= 0.3 is 0 Å². The maximum atomic E-state index is 5.42. The van der Waals surface area contributed by atoms with Crippen LogP contribution >= 0.6 is 0 Å². The van der Waals surface area contributed by atoms with E-state index in [0.29, 0.717) is 6.04 Å². The molecule has 0 radical (unpaired) electrons. The van der Waals surface area contributed by atoms with Gasteiger partial charge in [-0.3, -0.25) is 0 Å². The lowest BCUT2D eigenvalue weighted by Gasteiger charge is -2.26. The minimum Gasteiger partial charge on any atom is -0.380 e. The van der Waals surface area contributed by atoms with Gasteiger partial charge in [0.05, 0.1) is 6.61 Å². The minimum absolute atomic E-state index is 0.680. The summed E-state index contributed by atoms with van der Waals surface area (Å²) in [6.07, 6.45) is 8.07. The van der Waals surface area contributed by atoms with Crippen LogP contribution in [0.5, 0.6) is 0 Å². The van der Waals surface area contributed by atoms with Gasteiger partial charge in [-0.2, -0.15) is 0 Å². The highest BCUT2D eigenvalue weighted by Crippen LogP contribution is 2.14. The van der Waals surface area contributed by atoms with E-state index in [0.717, 1.165) is 19.3 Å². The van der Waals surface area contributed by atoms with Crippen molar-refractivity contribution in [2.75, 3.05) is 33.4 Å². The number of nitrogens with zero attached hydrogens (tertiary/aromatic N) is 1. The van der Waals surface area contributed by atoms with E-state index >= 15 is 0 Å². The molecule has 0 aromatic rings. The molecule has 3 nitrogen and oxygen atoms in total. The Balaban J connectivity index is 1.56. The SMILES string of the molecule is CN(CCCC1CCCCN1)C1CCOC1. The first-order valence-corrected chi connectivity index (χ1v) is 6.87. The van der Waals surface area contributed by atoms with E-state index in [9.17, 15) is 0 Å². The van der Waals surface area contributed by atoms with Gasteiger partial charge in [0, 0.05) is 18.7 Å². The second-order valence-corrected chi connectivity index (χ2v) is 5.29. The topological polar surface area (TPSA) is 24.5 Å². The predicted octanol–water partition coefficient (Wildman–Crippen LogP) is 1.63. The van der Waals surface area contributed by atoms with Crippen LogP contribution in [-0.4, -0.2) is 50.3 Å². The summed E-state index contributed by atoms with van der Waals surface area (Å²) >= 11 is 0. The third kappa shape index (κ3) is 3.72. The van der Waals surface area contributed by atoms with Crippen molar-refractivity contribution in [1.82, 2.24) is 10.2 Å². The zero-order valence-corrected chi connectivity index (χ0v) is 10.6. The Labute approximate surface area is 99.5 Å². The molecule has 2 aliphatic heterocycles. The van der Waals surface area contributed by atoms with Crippen LogP contribution in [0.2, 0.25) is 0 Å². The van der Waals surface area contributed by atoms with E-state index in [4.69, 9.17) is 4.74 Å².